The van der Waals surface area contributed by atoms with E-state index in [4.69, 9.17) is 0 Å². The molecule has 5 heteroatoms. The molecule has 0 saturated heterocycles. The zero-order chi connectivity index (χ0) is 12.4. The van der Waals surface area contributed by atoms with Crippen LogP contribution in [0.2, 0.25) is 0 Å². The van der Waals surface area contributed by atoms with E-state index < -0.39 is 0 Å². The van der Waals surface area contributed by atoms with Gasteiger partial charge in [0.05, 0.1) is 6.54 Å². The van der Waals surface area contributed by atoms with Crippen molar-refractivity contribution in [2.24, 2.45) is 5.92 Å². The number of aromatic nitrogens is 3. The molecule has 1 aliphatic carbocycles. The van der Waals surface area contributed by atoms with Crippen molar-refractivity contribution in [1.82, 2.24) is 20.1 Å². The van der Waals surface area contributed by atoms with Crippen molar-refractivity contribution in [2.45, 2.75) is 19.4 Å². The highest BCUT2D eigenvalue weighted by atomic mass is 16.2. The van der Waals surface area contributed by atoms with E-state index in [1.807, 2.05) is 34.9 Å². The van der Waals surface area contributed by atoms with Crippen molar-refractivity contribution in [3.05, 3.63) is 42.5 Å². The van der Waals surface area contributed by atoms with Crippen molar-refractivity contribution >= 4 is 5.91 Å². The van der Waals surface area contributed by atoms with E-state index in [0.29, 0.717) is 6.54 Å². The van der Waals surface area contributed by atoms with Gasteiger partial charge < -0.3 is 5.32 Å². The summed E-state index contributed by atoms with van der Waals surface area (Å²) in [5.74, 6) is 1.09. The average molecular weight is 242 g/mol. The maximum Gasteiger partial charge on any atom is 0.223 e. The summed E-state index contributed by atoms with van der Waals surface area (Å²) in [4.78, 5) is 11.6. The molecule has 1 fully saturated rings. The summed E-state index contributed by atoms with van der Waals surface area (Å²) in [5, 5.41) is 10.8. The number of nitrogens with one attached hydrogen (secondary N) is 1. The molecule has 0 aliphatic heterocycles. The lowest BCUT2D eigenvalue weighted by atomic mass is 10.3. The normalized spacial score (nSPS) is 14.4. The van der Waals surface area contributed by atoms with Crippen molar-refractivity contribution in [3.63, 3.8) is 0 Å². The Morgan fingerprint density at radius 1 is 1.33 bits per heavy atom. The van der Waals surface area contributed by atoms with Crippen LogP contribution >= 0.6 is 0 Å². The van der Waals surface area contributed by atoms with Crippen LogP contribution in [0.5, 0.6) is 0 Å². The molecule has 0 radical (unpaired) electrons. The molecule has 1 heterocycles. The Morgan fingerprint density at radius 2 is 2.11 bits per heavy atom. The number of carbonyl (C=O) groups excluding carboxylic acids is 1. The van der Waals surface area contributed by atoms with Gasteiger partial charge in [0.25, 0.3) is 0 Å². The Labute approximate surface area is 105 Å². The number of benzene rings is 1. The zero-order valence-electron chi connectivity index (χ0n) is 9.91. The first-order chi connectivity index (χ1) is 8.84. The van der Waals surface area contributed by atoms with Gasteiger partial charge in [0.1, 0.15) is 6.33 Å². The minimum Gasteiger partial charge on any atom is -0.349 e. The quantitative estimate of drug-likeness (QED) is 0.879. The number of nitrogens with zero attached hydrogens (tertiary/aromatic N) is 3. The number of amides is 1. The Kier molecular flexibility index (Phi) is 2.80. The lowest BCUT2D eigenvalue weighted by Crippen LogP contribution is -2.25. The smallest absolute Gasteiger partial charge is 0.223 e. The minimum atomic E-state index is 0.123. The zero-order valence-corrected chi connectivity index (χ0v) is 9.91. The van der Waals surface area contributed by atoms with Gasteiger partial charge in [-0.3, -0.25) is 9.36 Å². The maximum absolute atomic E-state index is 11.6. The Morgan fingerprint density at radius 3 is 2.83 bits per heavy atom. The molecule has 1 saturated carbocycles. The van der Waals surface area contributed by atoms with Crippen LogP contribution < -0.4 is 5.32 Å². The van der Waals surface area contributed by atoms with Crippen LogP contribution in [0.1, 0.15) is 18.7 Å². The van der Waals surface area contributed by atoms with Gasteiger partial charge in [0, 0.05) is 11.6 Å². The fourth-order valence-electron chi connectivity index (χ4n) is 1.84. The monoisotopic (exact) mass is 242 g/mol. The van der Waals surface area contributed by atoms with Crippen LogP contribution in [0.25, 0.3) is 5.69 Å². The second kappa shape index (κ2) is 4.60. The molecule has 1 N–H and O–H groups in total. The van der Waals surface area contributed by atoms with E-state index in [0.717, 1.165) is 24.4 Å². The molecular weight excluding hydrogens is 228 g/mol. The fraction of sp³-hybridized carbons (Fsp3) is 0.308. The lowest BCUT2D eigenvalue weighted by Gasteiger charge is -2.07. The molecule has 0 bridgehead atoms. The third-order valence-corrected chi connectivity index (χ3v) is 3.02. The Balaban J connectivity index is 1.73. The fourth-order valence-corrected chi connectivity index (χ4v) is 1.84. The third kappa shape index (κ3) is 2.25. The first kappa shape index (κ1) is 11.0. The average Bonchev–Trinajstić information content (AvgIpc) is 3.16. The molecule has 5 nitrogen and oxygen atoms in total. The van der Waals surface area contributed by atoms with Crippen LogP contribution in [0, 0.1) is 5.92 Å². The molecule has 0 spiro atoms. The highest BCUT2D eigenvalue weighted by Crippen LogP contribution is 2.28. The van der Waals surface area contributed by atoms with Gasteiger partial charge in [-0.2, -0.15) is 0 Å². The van der Waals surface area contributed by atoms with Crippen molar-refractivity contribution in [1.29, 1.82) is 0 Å². The van der Waals surface area contributed by atoms with Gasteiger partial charge in [-0.15, -0.1) is 10.2 Å². The summed E-state index contributed by atoms with van der Waals surface area (Å²) in [6, 6.07) is 9.84. The number of hydrogen-bond acceptors (Lipinski definition) is 3. The summed E-state index contributed by atoms with van der Waals surface area (Å²) in [7, 11) is 0. The molecule has 1 aliphatic rings. The predicted octanol–water partition coefficient (Wildman–Crippen LogP) is 1.29. The van der Waals surface area contributed by atoms with Gasteiger partial charge in [0.15, 0.2) is 5.82 Å². The van der Waals surface area contributed by atoms with E-state index in [-0.39, 0.29) is 11.8 Å². The lowest BCUT2D eigenvalue weighted by molar-refractivity contribution is -0.122. The van der Waals surface area contributed by atoms with E-state index in [9.17, 15) is 4.79 Å². The van der Waals surface area contributed by atoms with Crippen LogP contribution in [0.3, 0.4) is 0 Å². The van der Waals surface area contributed by atoms with E-state index in [1.54, 1.807) is 6.33 Å². The number of carbonyl (C=O) groups is 1. The predicted molar refractivity (Wildman–Crippen MR) is 65.9 cm³/mol. The number of hydrogen-bond donors (Lipinski definition) is 1. The summed E-state index contributed by atoms with van der Waals surface area (Å²) in [6.45, 7) is 0.421. The summed E-state index contributed by atoms with van der Waals surface area (Å²) >= 11 is 0. The van der Waals surface area contributed by atoms with E-state index in [1.165, 1.54) is 0 Å². The van der Waals surface area contributed by atoms with Crippen LogP contribution in [-0.2, 0) is 11.3 Å². The SMILES string of the molecule is O=C(NCc1nncn1-c1ccccc1)C1CC1. The van der Waals surface area contributed by atoms with Crippen molar-refractivity contribution < 1.29 is 4.79 Å². The van der Waals surface area contributed by atoms with Gasteiger partial charge in [-0.05, 0) is 25.0 Å². The largest absolute Gasteiger partial charge is 0.349 e. The first-order valence-electron chi connectivity index (χ1n) is 6.06. The summed E-state index contributed by atoms with van der Waals surface area (Å²) < 4.78 is 1.88. The van der Waals surface area contributed by atoms with Gasteiger partial charge in [-0.25, -0.2) is 0 Å². The van der Waals surface area contributed by atoms with Crippen LogP contribution in [0.15, 0.2) is 36.7 Å². The Hall–Kier alpha value is -2.17. The second-order valence-corrected chi connectivity index (χ2v) is 4.44. The highest BCUT2D eigenvalue weighted by molar-refractivity contribution is 5.80. The van der Waals surface area contributed by atoms with Crippen molar-refractivity contribution in [2.75, 3.05) is 0 Å². The molecule has 1 aromatic heterocycles. The second-order valence-electron chi connectivity index (χ2n) is 4.44. The number of rotatable bonds is 4. The molecular formula is C13H14N4O. The molecule has 1 amide bonds. The standard InChI is InChI=1S/C13H14N4O/c18-13(10-6-7-10)14-8-12-16-15-9-17(12)11-4-2-1-3-5-11/h1-5,9-10H,6-8H2,(H,14,18). The highest BCUT2D eigenvalue weighted by Gasteiger charge is 2.29. The topological polar surface area (TPSA) is 59.8 Å². The van der Waals surface area contributed by atoms with Gasteiger partial charge in [0.2, 0.25) is 5.91 Å². The molecule has 92 valence electrons. The molecule has 2 aromatic rings. The van der Waals surface area contributed by atoms with Crippen LogP contribution in [-0.4, -0.2) is 20.7 Å². The molecule has 18 heavy (non-hydrogen) atoms. The minimum absolute atomic E-state index is 0.123. The van der Waals surface area contributed by atoms with E-state index in [2.05, 4.69) is 15.5 Å². The number of para-hydroxylation sites is 1. The summed E-state index contributed by atoms with van der Waals surface area (Å²) in [5.41, 5.74) is 0.998. The van der Waals surface area contributed by atoms with Crippen LogP contribution in [0.4, 0.5) is 0 Å². The van der Waals surface area contributed by atoms with Gasteiger partial charge >= 0.3 is 0 Å². The first-order valence-corrected chi connectivity index (χ1v) is 6.06. The Bertz CT molecular complexity index is 545. The maximum atomic E-state index is 11.6. The molecule has 3 rings (SSSR count). The van der Waals surface area contributed by atoms with E-state index >= 15 is 0 Å². The third-order valence-electron chi connectivity index (χ3n) is 3.02. The molecule has 1 aromatic carbocycles. The molecule has 0 unspecified atom stereocenters. The molecule has 0 atom stereocenters. The van der Waals surface area contributed by atoms with Crippen molar-refractivity contribution in [3.8, 4) is 5.69 Å². The summed E-state index contributed by atoms with van der Waals surface area (Å²) in [6.07, 6.45) is 3.68. The van der Waals surface area contributed by atoms with Gasteiger partial charge in [-0.1, -0.05) is 18.2 Å².